The predicted octanol–water partition coefficient (Wildman–Crippen LogP) is 4.26. The van der Waals surface area contributed by atoms with Crippen LogP contribution in [0.15, 0.2) is 30.3 Å². The molecule has 1 aromatic carbocycles. The van der Waals surface area contributed by atoms with Crippen LogP contribution >= 0.6 is 0 Å². The number of aromatic nitrogens is 1. The summed E-state index contributed by atoms with van der Waals surface area (Å²) in [4.78, 5) is 15.1. The number of rotatable bonds is 5. The van der Waals surface area contributed by atoms with Gasteiger partial charge in [-0.3, -0.25) is 4.79 Å². The highest BCUT2D eigenvalue weighted by Gasteiger charge is 2.34. The molecule has 0 saturated carbocycles. The van der Waals surface area contributed by atoms with Gasteiger partial charge in [0.1, 0.15) is 6.17 Å². The fraction of sp³-hybridized carbons (Fsp3) is 0.500. The average molecular weight is 367 g/mol. The number of nitrogens with zero attached hydrogens (tertiary/aromatic N) is 2. The van der Waals surface area contributed by atoms with Crippen LogP contribution in [0.5, 0.6) is 0 Å². The van der Waals surface area contributed by atoms with E-state index in [1.165, 1.54) is 17.0 Å². The molecular formula is C22H29N3O2. The Morgan fingerprint density at radius 3 is 2.81 bits per heavy atom. The van der Waals surface area contributed by atoms with Crippen molar-refractivity contribution >= 4 is 11.6 Å². The van der Waals surface area contributed by atoms with E-state index >= 15 is 0 Å². The highest BCUT2D eigenvalue weighted by molar-refractivity contribution is 6.01. The third-order valence-electron chi connectivity index (χ3n) is 5.80. The second kappa shape index (κ2) is 7.39. The first-order chi connectivity index (χ1) is 13.1. The predicted molar refractivity (Wildman–Crippen MR) is 107 cm³/mol. The number of carbonyl (C=O) groups is 1. The highest BCUT2D eigenvalue weighted by Crippen LogP contribution is 2.35. The molecule has 1 N–H and O–H groups in total. The van der Waals surface area contributed by atoms with Crippen molar-refractivity contribution in [2.24, 2.45) is 0 Å². The number of carbonyl (C=O) groups excluding carboxylic acids is 1. The van der Waals surface area contributed by atoms with Gasteiger partial charge in [0, 0.05) is 42.3 Å². The molecule has 0 spiro atoms. The molecule has 3 heterocycles. The maximum absolute atomic E-state index is 13.1. The Balaban J connectivity index is 1.69. The quantitative estimate of drug-likeness (QED) is 0.859. The molecule has 0 aliphatic carbocycles. The van der Waals surface area contributed by atoms with Crippen LogP contribution in [-0.2, 0) is 11.3 Å². The van der Waals surface area contributed by atoms with Gasteiger partial charge in [-0.2, -0.15) is 0 Å². The SMILES string of the molecule is CCCN1C(=O)c2ccccc2N[C@H]1c1cc(C)n(C[C@H]2CCCO2)c1C. The van der Waals surface area contributed by atoms with Gasteiger partial charge in [-0.25, -0.2) is 0 Å². The van der Waals surface area contributed by atoms with Crippen molar-refractivity contribution in [1.29, 1.82) is 0 Å². The largest absolute Gasteiger partial charge is 0.376 e. The number of benzene rings is 1. The Kier molecular flexibility index (Phi) is 4.96. The van der Waals surface area contributed by atoms with Crippen LogP contribution in [-0.4, -0.2) is 34.6 Å². The lowest BCUT2D eigenvalue weighted by Crippen LogP contribution is -2.43. The molecule has 144 valence electrons. The van der Waals surface area contributed by atoms with E-state index in [-0.39, 0.29) is 12.1 Å². The minimum absolute atomic E-state index is 0.111. The number of ether oxygens (including phenoxy) is 1. The maximum Gasteiger partial charge on any atom is 0.257 e. The van der Waals surface area contributed by atoms with Crippen molar-refractivity contribution in [2.75, 3.05) is 18.5 Å². The number of nitrogens with one attached hydrogen (secondary N) is 1. The second-order valence-corrected chi connectivity index (χ2v) is 7.66. The van der Waals surface area contributed by atoms with Crippen molar-refractivity contribution in [1.82, 2.24) is 9.47 Å². The zero-order valence-corrected chi connectivity index (χ0v) is 16.5. The van der Waals surface area contributed by atoms with Crippen molar-refractivity contribution in [3.8, 4) is 0 Å². The summed E-state index contributed by atoms with van der Waals surface area (Å²) < 4.78 is 8.19. The fourth-order valence-electron chi connectivity index (χ4n) is 4.39. The van der Waals surface area contributed by atoms with Gasteiger partial charge >= 0.3 is 0 Å². The van der Waals surface area contributed by atoms with Crippen molar-refractivity contribution < 1.29 is 9.53 Å². The Labute approximate surface area is 161 Å². The van der Waals surface area contributed by atoms with E-state index in [1.54, 1.807) is 0 Å². The lowest BCUT2D eigenvalue weighted by atomic mass is 10.0. The monoisotopic (exact) mass is 367 g/mol. The summed E-state index contributed by atoms with van der Waals surface area (Å²) in [6, 6.07) is 10.0. The number of para-hydroxylation sites is 1. The minimum atomic E-state index is -0.128. The molecule has 0 bridgehead atoms. The molecule has 2 aliphatic heterocycles. The molecular weight excluding hydrogens is 338 g/mol. The van der Waals surface area contributed by atoms with E-state index in [2.05, 4.69) is 36.7 Å². The van der Waals surface area contributed by atoms with Crippen LogP contribution in [0.1, 0.15) is 59.7 Å². The molecule has 27 heavy (non-hydrogen) atoms. The standard InChI is InChI=1S/C22H29N3O2/c1-4-11-24-21(23-20-10-6-5-9-18(20)22(24)26)19-13-15(2)25(16(19)3)14-17-8-7-12-27-17/h5-6,9-10,13,17,21,23H,4,7-8,11-12,14H2,1-3H3/t17-,21-/m1/s1. The van der Waals surface area contributed by atoms with Crippen molar-refractivity contribution in [3.05, 3.63) is 52.8 Å². The van der Waals surface area contributed by atoms with Gasteiger partial charge in [0.05, 0.1) is 11.7 Å². The lowest BCUT2D eigenvalue weighted by molar-refractivity contribution is 0.0682. The summed E-state index contributed by atoms with van der Waals surface area (Å²) >= 11 is 0. The van der Waals surface area contributed by atoms with Crippen LogP contribution in [0.2, 0.25) is 0 Å². The molecule has 1 amide bonds. The summed E-state index contributed by atoms with van der Waals surface area (Å²) in [6.07, 6.45) is 3.38. The van der Waals surface area contributed by atoms with Gasteiger partial charge < -0.3 is 19.5 Å². The Bertz CT molecular complexity index is 836. The molecule has 2 atom stereocenters. The molecule has 0 unspecified atom stereocenters. The molecule has 4 rings (SSSR count). The van der Waals surface area contributed by atoms with Crippen LogP contribution in [0.3, 0.4) is 0 Å². The number of fused-ring (bicyclic) bond motifs is 1. The summed E-state index contributed by atoms with van der Waals surface area (Å²) in [5.74, 6) is 0.111. The zero-order valence-electron chi connectivity index (χ0n) is 16.5. The van der Waals surface area contributed by atoms with E-state index in [9.17, 15) is 4.79 Å². The lowest BCUT2D eigenvalue weighted by Gasteiger charge is -2.38. The fourth-order valence-corrected chi connectivity index (χ4v) is 4.39. The first-order valence-corrected chi connectivity index (χ1v) is 10.0. The molecule has 2 aliphatic rings. The van der Waals surface area contributed by atoms with E-state index in [0.717, 1.165) is 50.2 Å². The maximum atomic E-state index is 13.1. The highest BCUT2D eigenvalue weighted by atomic mass is 16.5. The van der Waals surface area contributed by atoms with Gasteiger partial charge in [0.25, 0.3) is 5.91 Å². The Morgan fingerprint density at radius 1 is 1.26 bits per heavy atom. The van der Waals surface area contributed by atoms with Crippen LogP contribution in [0, 0.1) is 13.8 Å². The van der Waals surface area contributed by atoms with Crippen molar-refractivity contribution in [3.63, 3.8) is 0 Å². The smallest absolute Gasteiger partial charge is 0.257 e. The zero-order chi connectivity index (χ0) is 19.0. The third kappa shape index (κ3) is 3.25. The number of anilines is 1. The number of hydrogen-bond donors (Lipinski definition) is 1. The summed E-state index contributed by atoms with van der Waals surface area (Å²) in [7, 11) is 0. The van der Waals surface area contributed by atoms with Crippen LogP contribution < -0.4 is 5.32 Å². The van der Waals surface area contributed by atoms with E-state index in [0.29, 0.717) is 6.10 Å². The number of hydrogen-bond acceptors (Lipinski definition) is 3. The minimum Gasteiger partial charge on any atom is -0.376 e. The average Bonchev–Trinajstić information content (AvgIpc) is 3.28. The number of amides is 1. The van der Waals surface area contributed by atoms with E-state index in [1.807, 2.05) is 29.2 Å². The van der Waals surface area contributed by atoms with Gasteiger partial charge in [-0.15, -0.1) is 0 Å². The molecule has 1 fully saturated rings. The topological polar surface area (TPSA) is 46.5 Å². The van der Waals surface area contributed by atoms with Crippen LogP contribution in [0.4, 0.5) is 5.69 Å². The first kappa shape index (κ1) is 18.1. The van der Waals surface area contributed by atoms with E-state index < -0.39 is 0 Å². The molecule has 5 heteroatoms. The summed E-state index contributed by atoms with van der Waals surface area (Å²) in [5.41, 5.74) is 5.30. The molecule has 5 nitrogen and oxygen atoms in total. The second-order valence-electron chi connectivity index (χ2n) is 7.66. The normalized spacial score (nSPS) is 22.0. The molecule has 1 saturated heterocycles. The van der Waals surface area contributed by atoms with Gasteiger partial charge in [-0.05, 0) is 51.3 Å². The summed E-state index contributed by atoms with van der Waals surface area (Å²) in [6.45, 7) is 8.92. The number of aryl methyl sites for hydroxylation is 1. The van der Waals surface area contributed by atoms with Crippen molar-refractivity contribution in [2.45, 2.75) is 58.8 Å². The van der Waals surface area contributed by atoms with E-state index in [4.69, 9.17) is 4.74 Å². The molecule has 0 radical (unpaired) electrons. The Morgan fingerprint density at radius 2 is 2.07 bits per heavy atom. The van der Waals surface area contributed by atoms with Gasteiger partial charge in [-0.1, -0.05) is 19.1 Å². The molecule has 2 aromatic rings. The van der Waals surface area contributed by atoms with Crippen LogP contribution in [0.25, 0.3) is 0 Å². The molecule has 1 aromatic heterocycles. The Hall–Kier alpha value is -2.27. The van der Waals surface area contributed by atoms with Gasteiger partial charge in [0.15, 0.2) is 0 Å². The summed E-state index contributed by atoms with van der Waals surface area (Å²) in [5, 5.41) is 3.61. The third-order valence-corrected chi connectivity index (χ3v) is 5.80. The van der Waals surface area contributed by atoms with Gasteiger partial charge in [0.2, 0.25) is 0 Å². The first-order valence-electron chi connectivity index (χ1n) is 10.0.